The minimum atomic E-state index is -0.738. The number of aromatic nitrogens is 1. The van der Waals surface area contributed by atoms with Crippen molar-refractivity contribution in [2.24, 2.45) is 0 Å². The molecule has 0 saturated heterocycles. The predicted molar refractivity (Wildman–Crippen MR) is 87.2 cm³/mol. The number of rotatable bonds is 3. The van der Waals surface area contributed by atoms with E-state index in [0.717, 1.165) is 15.5 Å². The fourth-order valence-corrected chi connectivity index (χ4v) is 2.60. The predicted octanol–water partition coefficient (Wildman–Crippen LogP) is 5.04. The molecule has 0 unspecified atom stereocenters. The highest BCUT2D eigenvalue weighted by molar-refractivity contribution is 5.86. The van der Waals surface area contributed by atoms with Crippen LogP contribution in [0, 0.1) is 13.8 Å². The van der Waals surface area contributed by atoms with Crippen LogP contribution in [0.3, 0.4) is 0 Å². The number of aryl methyl sites for hydroxylation is 2. The van der Waals surface area contributed by atoms with Gasteiger partial charge in [0.25, 0.3) is 5.56 Å². The monoisotopic (exact) mass is 303 g/mol. The fourth-order valence-electron chi connectivity index (χ4n) is 2.60. The van der Waals surface area contributed by atoms with Crippen LogP contribution in [0.5, 0.6) is 0 Å². The third kappa shape index (κ3) is 2.61. The van der Waals surface area contributed by atoms with Crippen LogP contribution >= 0.6 is 0 Å². The van der Waals surface area contributed by atoms with E-state index in [9.17, 15) is 13.6 Å². The molecule has 0 aliphatic rings. The van der Waals surface area contributed by atoms with E-state index in [1.165, 1.54) is 13.0 Å². The SMILES string of the molecule is C/C=C(F)\C(=C(\F)CC)n1c(C)cc2cccc(C)c2c1=O. The Balaban J connectivity index is 2.97. The van der Waals surface area contributed by atoms with Gasteiger partial charge in [-0.1, -0.05) is 25.1 Å². The number of allylic oxidation sites excluding steroid dienone is 4. The van der Waals surface area contributed by atoms with Crippen LogP contribution in [-0.2, 0) is 0 Å². The summed E-state index contributed by atoms with van der Waals surface area (Å²) in [5, 5.41) is 1.26. The molecule has 0 N–H and O–H groups in total. The zero-order chi connectivity index (χ0) is 16.4. The summed E-state index contributed by atoms with van der Waals surface area (Å²) in [5.74, 6) is -1.38. The first kappa shape index (κ1) is 16.1. The van der Waals surface area contributed by atoms with Crippen molar-refractivity contribution in [2.45, 2.75) is 34.1 Å². The van der Waals surface area contributed by atoms with Gasteiger partial charge in [0.1, 0.15) is 17.4 Å². The van der Waals surface area contributed by atoms with Crippen LogP contribution in [-0.4, -0.2) is 4.57 Å². The average molecular weight is 303 g/mol. The second-order valence-electron chi connectivity index (χ2n) is 5.21. The van der Waals surface area contributed by atoms with E-state index in [0.29, 0.717) is 11.1 Å². The lowest BCUT2D eigenvalue weighted by Gasteiger charge is -2.16. The Kier molecular flexibility index (Phi) is 4.59. The summed E-state index contributed by atoms with van der Waals surface area (Å²) in [4.78, 5) is 12.8. The Morgan fingerprint density at radius 2 is 1.95 bits per heavy atom. The van der Waals surface area contributed by atoms with E-state index in [-0.39, 0.29) is 12.1 Å². The highest BCUT2D eigenvalue weighted by atomic mass is 19.1. The number of hydrogen-bond donors (Lipinski definition) is 0. The average Bonchev–Trinajstić information content (AvgIpc) is 2.49. The smallest absolute Gasteiger partial charge is 0.263 e. The summed E-state index contributed by atoms with van der Waals surface area (Å²) < 4.78 is 29.5. The van der Waals surface area contributed by atoms with Crippen molar-refractivity contribution in [1.82, 2.24) is 4.57 Å². The van der Waals surface area contributed by atoms with Gasteiger partial charge in [-0.3, -0.25) is 9.36 Å². The van der Waals surface area contributed by atoms with E-state index in [1.807, 2.05) is 25.1 Å². The maximum absolute atomic E-state index is 14.2. The maximum Gasteiger partial charge on any atom is 0.263 e. The molecular weight excluding hydrogens is 284 g/mol. The lowest BCUT2D eigenvalue weighted by atomic mass is 10.1. The lowest BCUT2D eigenvalue weighted by Crippen LogP contribution is -2.23. The molecule has 2 aromatic rings. The number of pyridine rings is 1. The summed E-state index contributed by atoms with van der Waals surface area (Å²) >= 11 is 0. The largest absolute Gasteiger partial charge is 0.276 e. The van der Waals surface area contributed by atoms with Gasteiger partial charge in [0.05, 0.1) is 5.39 Å². The molecule has 0 saturated carbocycles. The summed E-state index contributed by atoms with van der Waals surface area (Å²) in [5.41, 5.74) is 0.591. The molecule has 4 heteroatoms. The maximum atomic E-state index is 14.2. The number of nitrogens with zero attached hydrogens (tertiary/aromatic N) is 1. The third-order valence-corrected chi connectivity index (χ3v) is 3.71. The van der Waals surface area contributed by atoms with Gasteiger partial charge in [0, 0.05) is 5.69 Å². The molecule has 0 spiro atoms. The topological polar surface area (TPSA) is 22.0 Å². The van der Waals surface area contributed by atoms with Crippen LogP contribution in [0.2, 0.25) is 0 Å². The van der Waals surface area contributed by atoms with Crippen molar-refractivity contribution in [2.75, 3.05) is 0 Å². The van der Waals surface area contributed by atoms with E-state index >= 15 is 0 Å². The number of fused-ring (bicyclic) bond motifs is 1. The minimum absolute atomic E-state index is 0.0221. The molecular formula is C18H19F2NO. The summed E-state index contributed by atoms with van der Waals surface area (Å²) in [6, 6.07) is 7.27. The normalized spacial score (nSPS) is 13.5. The zero-order valence-electron chi connectivity index (χ0n) is 13.2. The van der Waals surface area contributed by atoms with Gasteiger partial charge in [-0.15, -0.1) is 0 Å². The first-order chi connectivity index (χ1) is 10.4. The number of hydrogen-bond acceptors (Lipinski definition) is 1. The van der Waals surface area contributed by atoms with Gasteiger partial charge in [-0.05, 0) is 50.3 Å². The van der Waals surface area contributed by atoms with E-state index in [1.54, 1.807) is 19.9 Å². The van der Waals surface area contributed by atoms with Crippen LogP contribution in [0.4, 0.5) is 8.78 Å². The molecule has 1 aromatic carbocycles. The number of halogens is 2. The highest BCUT2D eigenvalue weighted by Crippen LogP contribution is 2.26. The molecule has 0 aliphatic heterocycles. The zero-order valence-corrected chi connectivity index (χ0v) is 13.2. The third-order valence-electron chi connectivity index (χ3n) is 3.71. The molecule has 2 nitrogen and oxygen atoms in total. The molecule has 0 bridgehead atoms. The Labute approximate surface area is 128 Å². The quantitative estimate of drug-likeness (QED) is 0.728. The number of benzene rings is 1. The minimum Gasteiger partial charge on any atom is -0.276 e. The van der Waals surface area contributed by atoms with Gasteiger partial charge < -0.3 is 0 Å². The molecule has 0 aliphatic carbocycles. The van der Waals surface area contributed by atoms with Crippen molar-refractivity contribution in [1.29, 1.82) is 0 Å². The first-order valence-corrected chi connectivity index (χ1v) is 7.25. The first-order valence-electron chi connectivity index (χ1n) is 7.25. The highest BCUT2D eigenvalue weighted by Gasteiger charge is 2.18. The van der Waals surface area contributed by atoms with Crippen molar-refractivity contribution >= 4 is 16.5 Å². The second-order valence-corrected chi connectivity index (χ2v) is 5.21. The van der Waals surface area contributed by atoms with Gasteiger partial charge in [0.15, 0.2) is 0 Å². The molecule has 0 amide bonds. The van der Waals surface area contributed by atoms with Crippen molar-refractivity contribution in [3.63, 3.8) is 0 Å². The fraction of sp³-hybridized carbons (Fsp3) is 0.278. The van der Waals surface area contributed by atoms with Crippen LogP contribution in [0.25, 0.3) is 16.5 Å². The molecule has 0 fully saturated rings. The van der Waals surface area contributed by atoms with Crippen LogP contribution in [0.15, 0.2) is 46.8 Å². The molecule has 2 rings (SSSR count). The van der Waals surface area contributed by atoms with Crippen molar-refractivity contribution < 1.29 is 8.78 Å². The lowest BCUT2D eigenvalue weighted by molar-refractivity contribution is 0.580. The Morgan fingerprint density at radius 3 is 2.55 bits per heavy atom. The van der Waals surface area contributed by atoms with Gasteiger partial charge in [-0.25, -0.2) is 8.78 Å². The Bertz CT molecular complexity index is 844. The summed E-state index contributed by atoms with van der Waals surface area (Å²) in [6.45, 7) is 6.56. The van der Waals surface area contributed by atoms with Crippen molar-refractivity contribution in [3.8, 4) is 0 Å². The molecule has 1 aromatic heterocycles. The Hall–Kier alpha value is -2.23. The van der Waals surface area contributed by atoms with Gasteiger partial charge >= 0.3 is 0 Å². The molecule has 116 valence electrons. The molecule has 22 heavy (non-hydrogen) atoms. The van der Waals surface area contributed by atoms with E-state index < -0.39 is 17.2 Å². The Morgan fingerprint density at radius 1 is 1.27 bits per heavy atom. The molecule has 0 radical (unpaired) electrons. The van der Waals surface area contributed by atoms with Crippen LogP contribution < -0.4 is 5.56 Å². The second kappa shape index (κ2) is 6.26. The standard InChI is InChI=1S/C18H19F2NO/c1-5-14(19)17(15(20)6-2)21-12(4)10-13-9-7-8-11(3)16(13)18(21)22/h5,7-10H,6H2,1-4H3/b14-5+,17-15-. The summed E-state index contributed by atoms with van der Waals surface area (Å²) in [6.07, 6.45) is 1.19. The van der Waals surface area contributed by atoms with Gasteiger partial charge in [0.2, 0.25) is 0 Å². The van der Waals surface area contributed by atoms with Crippen LogP contribution in [0.1, 0.15) is 31.5 Å². The van der Waals surface area contributed by atoms with Crippen molar-refractivity contribution in [3.05, 3.63) is 63.6 Å². The van der Waals surface area contributed by atoms with Gasteiger partial charge in [-0.2, -0.15) is 0 Å². The molecule has 1 heterocycles. The van der Waals surface area contributed by atoms with E-state index in [2.05, 4.69) is 0 Å². The summed E-state index contributed by atoms with van der Waals surface area (Å²) in [7, 11) is 0. The molecule has 0 atom stereocenters. The van der Waals surface area contributed by atoms with E-state index in [4.69, 9.17) is 0 Å².